The molecule has 1 N–H and O–H groups in total. The summed E-state index contributed by atoms with van der Waals surface area (Å²) in [5.41, 5.74) is 1.41. The summed E-state index contributed by atoms with van der Waals surface area (Å²) in [6, 6.07) is 11.0. The summed E-state index contributed by atoms with van der Waals surface area (Å²) in [5.74, 6) is 0.384. The first kappa shape index (κ1) is 18.0. The first-order valence-electron chi connectivity index (χ1n) is 9.39. The van der Waals surface area contributed by atoms with E-state index in [1.54, 1.807) is 35.7 Å². The van der Waals surface area contributed by atoms with E-state index in [0.29, 0.717) is 31.1 Å². The van der Waals surface area contributed by atoms with Crippen LogP contribution in [0.5, 0.6) is 0 Å². The van der Waals surface area contributed by atoms with Crippen LogP contribution in [0.15, 0.2) is 65.7 Å². The molecular formula is C21H22N4O3. The number of likely N-dealkylation sites (tertiary alicyclic amines) is 1. The van der Waals surface area contributed by atoms with Gasteiger partial charge in [0, 0.05) is 25.5 Å². The quantitative estimate of drug-likeness (QED) is 0.740. The first-order chi connectivity index (χ1) is 13.7. The molecule has 144 valence electrons. The molecule has 2 amide bonds. The van der Waals surface area contributed by atoms with Crippen molar-refractivity contribution >= 4 is 11.8 Å². The van der Waals surface area contributed by atoms with Crippen LogP contribution in [-0.2, 0) is 11.3 Å². The van der Waals surface area contributed by atoms with Gasteiger partial charge in [-0.15, -0.1) is 0 Å². The second-order valence-electron chi connectivity index (χ2n) is 6.86. The fourth-order valence-electron chi connectivity index (χ4n) is 3.55. The van der Waals surface area contributed by atoms with Crippen molar-refractivity contribution in [1.82, 2.24) is 19.8 Å². The van der Waals surface area contributed by atoms with Gasteiger partial charge in [-0.25, -0.2) is 0 Å². The number of hydrogen-bond acceptors (Lipinski definition) is 4. The summed E-state index contributed by atoms with van der Waals surface area (Å²) < 4.78 is 7.08. The number of aromatic nitrogens is 2. The van der Waals surface area contributed by atoms with Crippen LogP contribution in [-0.4, -0.2) is 39.4 Å². The van der Waals surface area contributed by atoms with Gasteiger partial charge >= 0.3 is 0 Å². The number of rotatable bonds is 5. The number of carbonyl (C=O) groups is 2. The van der Waals surface area contributed by atoms with Crippen molar-refractivity contribution in [2.45, 2.75) is 19.4 Å². The van der Waals surface area contributed by atoms with E-state index in [2.05, 4.69) is 10.3 Å². The van der Waals surface area contributed by atoms with Gasteiger partial charge in [-0.3, -0.25) is 14.6 Å². The fraction of sp³-hybridized carbons (Fsp3) is 0.286. The third-order valence-corrected chi connectivity index (χ3v) is 4.99. The van der Waals surface area contributed by atoms with Crippen molar-refractivity contribution in [2.75, 3.05) is 13.1 Å². The van der Waals surface area contributed by atoms with Crippen LogP contribution in [0.4, 0.5) is 0 Å². The molecule has 4 heterocycles. The second kappa shape index (κ2) is 8.12. The molecule has 7 nitrogen and oxygen atoms in total. The molecule has 0 unspecified atom stereocenters. The van der Waals surface area contributed by atoms with E-state index < -0.39 is 0 Å². The van der Waals surface area contributed by atoms with Crippen molar-refractivity contribution in [3.8, 4) is 5.69 Å². The Hall–Kier alpha value is -3.35. The van der Waals surface area contributed by atoms with Crippen LogP contribution in [0.2, 0.25) is 0 Å². The monoisotopic (exact) mass is 378 g/mol. The molecule has 1 saturated heterocycles. The topological polar surface area (TPSA) is 80.4 Å². The molecule has 0 saturated carbocycles. The summed E-state index contributed by atoms with van der Waals surface area (Å²) in [7, 11) is 0. The van der Waals surface area contributed by atoms with E-state index in [0.717, 1.165) is 18.5 Å². The highest BCUT2D eigenvalue weighted by Crippen LogP contribution is 2.21. The normalized spacial score (nSPS) is 16.7. The van der Waals surface area contributed by atoms with Gasteiger partial charge in [-0.1, -0.05) is 0 Å². The van der Waals surface area contributed by atoms with E-state index >= 15 is 0 Å². The lowest BCUT2D eigenvalue weighted by atomic mass is 9.97. The average molecular weight is 378 g/mol. The largest absolute Gasteiger partial charge is 0.467 e. The number of nitrogens with one attached hydrogen (secondary N) is 1. The Morgan fingerprint density at radius 1 is 1.21 bits per heavy atom. The van der Waals surface area contributed by atoms with Crippen LogP contribution >= 0.6 is 0 Å². The minimum Gasteiger partial charge on any atom is -0.467 e. The number of carbonyl (C=O) groups excluding carboxylic acids is 2. The zero-order chi connectivity index (χ0) is 19.3. The minimum absolute atomic E-state index is 0.0449. The fourth-order valence-corrected chi connectivity index (χ4v) is 3.55. The predicted molar refractivity (Wildman–Crippen MR) is 103 cm³/mol. The van der Waals surface area contributed by atoms with Gasteiger partial charge < -0.3 is 19.2 Å². The Morgan fingerprint density at radius 3 is 2.93 bits per heavy atom. The van der Waals surface area contributed by atoms with Crippen molar-refractivity contribution in [1.29, 1.82) is 0 Å². The summed E-state index contributed by atoms with van der Waals surface area (Å²) in [4.78, 5) is 31.5. The lowest BCUT2D eigenvalue weighted by molar-refractivity contribution is -0.126. The number of pyridine rings is 1. The summed E-state index contributed by atoms with van der Waals surface area (Å²) >= 11 is 0. The molecule has 0 bridgehead atoms. The highest BCUT2D eigenvalue weighted by molar-refractivity contribution is 5.94. The zero-order valence-corrected chi connectivity index (χ0v) is 15.5. The molecular weight excluding hydrogens is 356 g/mol. The van der Waals surface area contributed by atoms with Crippen molar-refractivity contribution in [3.63, 3.8) is 0 Å². The standard InChI is InChI=1S/C21H22N4O3/c26-20(23-14-18-7-4-12-28-18)16-5-2-10-24(15-16)21(27)19-8-3-11-25(19)17-6-1-9-22-13-17/h1,3-4,6-9,11-13,16H,2,5,10,14-15H2,(H,23,26)/t16-/m1/s1. The molecule has 1 atom stereocenters. The van der Waals surface area contributed by atoms with Crippen molar-refractivity contribution in [3.05, 3.63) is 72.7 Å². The summed E-state index contributed by atoms with van der Waals surface area (Å²) in [5, 5.41) is 2.90. The van der Waals surface area contributed by atoms with Crippen LogP contribution in [0.3, 0.4) is 0 Å². The van der Waals surface area contributed by atoms with Gasteiger partial charge in [-0.05, 0) is 49.2 Å². The number of furan rings is 1. The summed E-state index contributed by atoms with van der Waals surface area (Å²) in [6.07, 6.45) is 8.43. The number of hydrogen-bond donors (Lipinski definition) is 1. The number of piperidine rings is 1. The number of nitrogens with zero attached hydrogens (tertiary/aromatic N) is 3. The Bertz CT molecular complexity index is 934. The molecule has 1 fully saturated rings. The molecule has 0 aliphatic carbocycles. The maximum absolute atomic E-state index is 13.1. The third kappa shape index (κ3) is 3.83. The highest BCUT2D eigenvalue weighted by atomic mass is 16.3. The summed E-state index contributed by atoms with van der Waals surface area (Å²) in [6.45, 7) is 1.43. The predicted octanol–water partition coefficient (Wildman–Crippen LogP) is 2.63. The Labute approximate surface area is 163 Å². The molecule has 1 aliphatic rings. The van der Waals surface area contributed by atoms with Crippen LogP contribution in [0.1, 0.15) is 29.1 Å². The molecule has 0 aromatic carbocycles. The van der Waals surface area contributed by atoms with Gasteiger partial charge in [0.15, 0.2) is 0 Å². The van der Waals surface area contributed by atoms with E-state index in [-0.39, 0.29) is 17.7 Å². The molecule has 0 spiro atoms. The minimum atomic E-state index is -0.213. The first-order valence-corrected chi connectivity index (χ1v) is 9.39. The Morgan fingerprint density at radius 2 is 2.14 bits per heavy atom. The van der Waals surface area contributed by atoms with Crippen LogP contribution < -0.4 is 5.32 Å². The average Bonchev–Trinajstić information content (AvgIpc) is 3.44. The van der Waals surface area contributed by atoms with Gasteiger partial charge in [-0.2, -0.15) is 0 Å². The zero-order valence-electron chi connectivity index (χ0n) is 15.5. The van der Waals surface area contributed by atoms with Gasteiger partial charge in [0.1, 0.15) is 11.5 Å². The Kier molecular flexibility index (Phi) is 5.23. The van der Waals surface area contributed by atoms with Crippen LogP contribution in [0, 0.1) is 5.92 Å². The Balaban J connectivity index is 1.43. The molecule has 0 radical (unpaired) electrons. The molecule has 3 aromatic rings. The second-order valence-corrected chi connectivity index (χ2v) is 6.86. The molecule has 3 aromatic heterocycles. The highest BCUT2D eigenvalue weighted by Gasteiger charge is 2.30. The van der Waals surface area contributed by atoms with Crippen molar-refractivity contribution in [2.24, 2.45) is 5.92 Å². The van der Waals surface area contributed by atoms with Gasteiger partial charge in [0.25, 0.3) is 5.91 Å². The number of amides is 2. The lowest BCUT2D eigenvalue weighted by Gasteiger charge is -2.32. The van der Waals surface area contributed by atoms with Crippen LogP contribution in [0.25, 0.3) is 5.69 Å². The van der Waals surface area contributed by atoms with E-state index in [1.165, 1.54) is 0 Å². The van der Waals surface area contributed by atoms with E-state index in [1.807, 2.05) is 35.0 Å². The maximum Gasteiger partial charge on any atom is 0.270 e. The smallest absolute Gasteiger partial charge is 0.270 e. The molecule has 4 rings (SSSR count). The van der Waals surface area contributed by atoms with E-state index in [4.69, 9.17) is 4.42 Å². The van der Waals surface area contributed by atoms with Crippen molar-refractivity contribution < 1.29 is 14.0 Å². The van der Waals surface area contributed by atoms with Gasteiger partial charge in [0.2, 0.25) is 5.91 Å². The third-order valence-electron chi connectivity index (χ3n) is 4.99. The molecule has 1 aliphatic heterocycles. The molecule has 28 heavy (non-hydrogen) atoms. The molecule has 7 heteroatoms. The maximum atomic E-state index is 13.1. The SMILES string of the molecule is O=C(NCc1ccco1)[C@@H]1CCCN(C(=O)c2cccn2-c2cccnc2)C1. The lowest BCUT2D eigenvalue weighted by Crippen LogP contribution is -2.45. The van der Waals surface area contributed by atoms with E-state index in [9.17, 15) is 9.59 Å². The van der Waals surface area contributed by atoms with Gasteiger partial charge in [0.05, 0.1) is 30.6 Å².